The smallest absolute Gasteiger partial charge is 0.338 e. The topological polar surface area (TPSA) is 122 Å². The van der Waals surface area contributed by atoms with E-state index < -0.39 is 48.9 Å². The monoisotopic (exact) mass is 821 g/mol. The zero-order valence-electron chi connectivity index (χ0n) is 36.8. The molecule has 3 saturated carbocycles. The third kappa shape index (κ3) is 7.10. The first kappa shape index (κ1) is 42.4. The molecule has 4 aliphatic heterocycles. The molecule has 59 heavy (non-hydrogen) atoms. The Hall–Kier alpha value is -1.89. The molecule has 10 nitrogen and oxygen atoms in total. The molecular weight excluding hydrogens is 749 g/mol. The molecule has 21 atom stereocenters. The number of hydrogen-bond donors (Lipinski definition) is 2. The van der Waals surface area contributed by atoms with Gasteiger partial charge < -0.3 is 43.4 Å². The van der Waals surface area contributed by atoms with Gasteiger partial charge in [-0.25, -0.2) is 4.79 Å². The van der Waals surface area contributed by atoms with Crippen molar-refractivity contribution in [1.82, 2.24) is 0 Å². The van der Waals surface area contributed by atoms with Crippen LogP contribution in [0.4, 0.5) is 0 Å². The first-order chi connectivity index (χ1) is 28.2. The van der Waals surface area contributed by atoms with Gasteiger partial charge in [-0.1, -0.05) is 78.3 Å². The van der Waals surface area contributed by atoms with Crippen LogP contribution >= 0.6 is 0 Å². The number of ether oxygens (including phenoxy) is 7. The second-order valence-electron chi connectivity index (χ2n) is 21.1. The first-order valence-corrected chi connectivity index (χ1v) is 23.4. The fourth-order valence-corrected chi connectivity index (χ4v) is 14.1. The zero-order valence-corrected chi connectivity index (χ0v) is 36.8. The second kappa shape index (κ2) is 16.0. The normalized spacial score (nSPS) is 51.9. The van der Waals surface area contributed by atoms with E-state index in [4.69, 9.17) is 33.2 Å². The summed E-state index contributed by atoms with van der Waals surface area (Å²) >= 11 is 0. The van der Waals surface area contributed by atoms with Crippen molar-refractivity contribution in [3.8, 4) is 0 Å². The summed E-state index contributed by atoms with van der Waals surface area (Å²) < 4.78 is 46.4. The maximum Gasteiger partial charge on any atom is 0.338 e. The number of allylic oxidation sites excluding steroid dienone is 1. The van der Waals surface area contributed by atoms with E-state index in [-0.39, 0.29) is 47.3 Å². The Bertz CT molecular complexity index is 1690. The molecule has 4 saturated heterocycles. The molecule has 2 N–H and O–H groups in total. The summed E-state index contributed by atoms with van der Waals surface area (Å²) in [5, 5.41) is 21.6. The minimum Gasteiger partial charge on any atom is -0.453 e. The van der Waals surface area contributed by atoms with Crippen LogP contribution in [0.15, 0.2) is 42.0 Å². The van der Waals surface area contributed by atoms with Crippen LogP contribution < -0.4 is 0 Å². The molecule has 1 aromatic carbocycles. The molecule has 0 radical (unpaired) electrons. The van der Waals surface area contributed by atoms with E-state index in [0.29, 0.717) is 47.2 Å². The number of rotatable bonds is 7. The van der Waals surface area contributed by atoms with E-state index in [9.17, 15) is 15.0 Å². The molecule has 9 rings (SSSR count). The largest absolute Gasteiger partial charge is 0.453 e. The van der Waals surface area contributed by atoms with Crippen LogP contribution in [0.25, 0.3) is 0 Å². The molecule has 7 fully saturated rings. The van der Waals surface area contributed by atoms with Crippen molar-refractivity contribution in [3.63, 3.8) is 0 Å². The molecule has 8 aliphatic rings. The van der Waals surface area contributed by atoms with Gasteiger partial charge in [-0.15, -0.1) is 0 Å². The van der Waals surface area contributed by atoms with Crippen LogP contribution in [-0.2, 0) is 33.2 Å². The van der Waals surface area contributed by atoms with Gasteiger partial charge in [-0.3, -0.25) is 0 Å². The Balaban J connectivity index is 0.903. The molecule has 0 bridgehead atoms. The highest BCUT2D eigenvalue weighted by Crippen LogP contribution is 2.70. The van der Waals surface area contributed by atoms with Gasteiger partial charge in [0.25, 0.3) is 0 Å². The Morgan fingerprint density at radius 2 is 1.63 bits per heavy atom. The highest BCUT2D eigenvalue weighted by Gasteiger charge is 2.69. The van der Waals surface area contributed by atoms with Crippen molar-refractivity contribution < 1.29 is 48.2 Å². The predicted octanol–water partition coefficient (Wildman–Crippen LogP) is 8.08. The van der Waals surface area contributed by atoms with Gasteiger partial charge >= 0.3 is 5.97 Å². The van der Waals surface area contributed by atoms with Gasteiger partial charge in [-0.05, 0) is 117 Å². The predicted molar refractivity (Wildman–Crippen MR) is 221 cm³/mol. The minimum atomic E-state index is -0.981. The third-order valence-corrected chi connectivity index (χ3v) is 18.1. The molecule has 1 spiro atoms. The number of aliphatic hydroxyl groups is 2. The van der Waals surface area contributed by atoms with E-state index in [1.54, 1.807) is 12.1 Å². The van der Waals surface area contributed by atoms with E-state index in [0.717, 1.165) is 45.1 Å². The number of esters is 1. The van der Waals surface area contributed by atoms with Crippen LogP contribution in [0.5, 0.6) is 0 Å². The van der Waals surface area contributed by atoms with Crippen LogP contribution in [0.3, 0.4) is 0 Å². The summed E-state index contributed by atoms with van der Waals surface area (Å²) in [4.78, 5) is 13.4. The lowest BCUT2D eigenvalue weighted by Crippen LogP contribution is -2.60. The highest BCUT2D eigenvalue weighted by atomic mass is 16.8. The van der Waals surface area contributed by atoms with Gasteiger partial charge in [0.05, 0.1) is 43.2 Å². The lowest BCUT2D eigenvalue weighted by atomic mass is 9.47. The van der Waals surface area contributed by atoms with Crippen LogP contribution in [0, 0.1) is 64.1 Å². The van der Waals surface area contributed by atoms with Crippen LogP contribution in [-0.4, -0.2) is 90.5 Å². The summed E-state index contributed by atoms with van der Waals surface area (Å²) in [6.07, 6.45) is 7.35. The maximum absolute atomic E-state index is 13.4. The Morgan fingerprint density at radius 3 is 2.36 bits per heavy atom. The summed E-state index contributed by atoms with van der Waals surface area (Å²) in [5.74, 6) is 2.31. The maximum atomic E-state index is 13.4. The Labute approximate surface area is 352 Å². The second-order valence-corrected chi connectivity index (χ2v) is 21.1. The molecule has 4 heterocycles. The number of fused-ring (bicyclic) bond motifs is 7. The number of aliphatic hydroxyl groups excluding tert-OH is 2. The third-order valence-electron chi connectivity index (χ3n) is 18.1. The van der Waals surface area contributed by atoms with Gasteiger partial charge in [0.1, 0.15) is 12.2 Å². The van der Waals surface area contributed by atoms with Crippen molar-refractivity contribution in [2.24, 2.45) is 64.1 Å². The van der Waals surface area contributed by atoms with E-state index in [1.165, 1.54) is 24.8 Å². The average molecular weight is 821 g/mol. The van der Waals surface area contributed by atoms with Gasteiger partial charge in [0.15, 0.2) is 24.5 Å². The average Bonchev–Trinajstić information content (AvgIpc) is 3.68. The van der Waals surface area contributed by atoms with Crippen molar-refractivity contribution >= 4 is 5.97 Å². The van der Waals surface area contributed by atoms with Crippen LogP contribution in [0.1, 0.15) is 124 Å². The number of hydrogen-bond acceptors (Lipinski definition) is 10. The summed E-state index contributed by atoms with van der Waals surface area (Å²) in [7, 11) is 0. The fourth-order valence-electron chi connectivity index (χ4n) is 14.1. The van der Waals surface area contributed by atoms with E-state index >= 15 is 0 Å². The molecule has 0 aromatic heterocycles. The molecule has 328 valence electrons. The van der Waals surface area contributed by atoms with E-state index in [1.807, 2.05) is 32.0 Å². The lowest BCUT2D eigenvalue weighted by molar-refractivity contribution is -0.355. The van der Waals surface area contributed by atoms with Crippen molar-refractivity contribution in [2.45, 2.75) is 174 Å². The lowest BCUT2D eigenvalue weighted by Gasteiger charge is -2.58. The first-order valence-electron chi connectivity index (χ1n) is 23.4. The molecule has 4 unspecified atom stereocenters. The number of carbonyl (C=O) groups excluding carboxylic acids is 1. The highest BCUT2D eigenvalue weighted by molar-refractivity contribution is 5.89. The zero-order chi connectivity index (χ0) is 41.6. The number of benzene rings is 1. The summed E-state index contributed by atoms with van der Waals surface area (Å²) in [6.45, 7) is 18.4. The fraction of sp³-hybridized carbons (Fsp3) is 0.816. The molecule has 4 aliphatic carbocycles. The summed E-state index contributed by atoms with van der Waals surface area (Å²) in [6, 6.07) is 8.97. The van der Waals surface area contributed by atoms with Crippen molar-refractivity contribution in [3.05, 3.63) is 47.5 Å². The standard InChI is InChI=1S/C49H72O10/c1-26-16-21-49(53-25-26)30(5)40-38(59-49)23-37-35-15-14-33-22-34(17-19-47(33,7)36(35)18-20-48(37,40)8)55-46-43(29(4)41(51)39(24-50)56-46)58-45-42(28(3)27(2)31(6)54-45)57-44(52)32-12-10-9-11-13-32/h9-14,26-31,34-43,45-46,50-51H,15-25H2,1-8H3/t26-,27-,28+,29+,30+,31?,34+,35-,36+,37+,38+,39?,40+,41+,42?,43?,45+,46-,47+,48+,49-/m1/s1. The van der Waals surface area contributed by atoms with Gasteiger partial charge in [-0.2, -0.15) is 0 Å². The minimum absolute atomic E-state index is 0.0623. The SMILES string of the molecule is CC1O[C@@H](OC2[C@H](O[C@H]3CC[C@@]4(C)C(=CC[C@H]5[C@@H]6C[C@@H]7O[C@]8(CC[C@@H](C)CO8)[C@@H](C)[C@@H]7[C@@]6(C)CC[C@@H]54)C3)OC(CO)[C@@H](O)[C@@H]2C)C(OC(=O)c2ccccc2)[C@@H](C)[C@H]1C. The van der Waals surface area contributed by atoms with Gasteiger partial charge in [0, 0.05) is 24.2 Å². The Morgan fingerprint density at radius 1 is 0.864 bits per heavy atom. The Kier molecular flexibility index (Phi) is 11.5. The molecular formula is C49H72O10. The quantitative estimate of drug-likeness (QED) is 0.206. The van der Waals surface area contributed by atoms with E-state index in [2.05, 4.69) is 47.6 Å². The van der Waals surface area contributed by atoms with Gasteiger partial charge in [0.2, 0.25) is 0 Å². The molecule has 10 heteroatoms. The molecule has 1 aromatic rings. The molecule has 0 amide bonds. The van der Waals surface area contributed by atoms with Crippen molar-refractivity contribution in [2.75, 3.05) is 13.2 Å². The summed E-state index contributed by atoms with van der Waals surface area (Å²) in [5.41, 5.74) is 2.36. The number of carbonyl (C=O) groups is 1. The van der Waals surface area contributed by atoms with Crippen molar-refractivity contribution in [1.29, 1.82) is 0 Å². The van der Waals surface area contributed by atoms with Crippen LogP contribution in [0.2, 0.25) is 0 Å².